The molecule has 0 unspecified atom stereocenters. The van der Waals surface area contributed by atoms with Crippen LogP contribution in [-0.4, -0.2) is 25.6 Å². The van der Waals surface area contributed by atoms with Crippen molar-refractivity contribution in [1.29, 1.82) is 0 Å². The van der Waals surface area contributed by atoms with Crippen molar-refractivity contribution in [2.45, 2.75) is 85.0 Å². The zero-order valence-corrected chi connectivity index (χ0v) is 18.3. The first-order valence-corrected chi connectivity index (χ1v) is 11.3. The molecule has 1 saturated carbocycles. The number of ether oxygens (including phenoxy) is 1. The van der Waals surface area contributed by atoms with Gasteiger partial charge in [-0.3, -0.25) is 0 Å². The summed E-state index contributed by atoms with van der Waals surface area (Å²) in [5.74, 6) is 0.993. The Balaban J connectivity index is 1.58. The molecule has 1 fully saturated rings. The van der Waals surface area contributed by atoms with E-state index >= 15 is 0 Å². The van der Waals surface area contributed by atoms with Gasteiger partial charge in [-0.15, -0.1) is 0 Å². The van der Waals surface area contributed by atoms with Gasteiger partial charge in [0.05, 0.1) is 30.8 Å². The van der Waals surface area contributed by atoms with E-state index in [2.05, 4.69) is 30.2 Å². The minimum Gasteiger partial charge on any atom is -0.372 e. The van der Waals surface area contributed by atoms with Crippen LogP contribution >= 0.6 is 0 Å². The molecule has 0 radical (unpaired) electrons. The van der Waals surface area contributed by atoms with Gasteiger partial charge in [-0.2, -0.15) is 5.10 Å². The predicted octanol–water partition coefficient (Wildman–Crippen LogP) is 5.27. The molecule has 6 nitrogen and oxygen atoms in total. The lowest BCUT2D eigenvalue weighted by molar-refractivity contribution is 0.134. The van der Waals surface area contributed by atoms with Gasteiger partial charge in [-0.05, 0) is 56.4 Å². The fourth-order valence-electron chi connectivity index (χ4n) is 4.80. The van der Waals surface area contributed by atoms with E-state index in [9.17, 15) is 0 Å². The maximum atomic E-state index is 5.85. The van der Waals surface area contributed by atoms with E-state index in [1.807, 2.05) is 17.6 Å². The van der Waals surface area contributed by atoms with Gasteiger partial charge in [-0.1, -0.05) is 32.1 Å². The topological polar surface area (TPSA) is 64.3 Å². The van der Waals surface area contributed by atoms with E-state index in [1.54, 1.807) is 0 Å². The van der Waals surface area contributed by atoms with Crippen molar-refractivity contribution in [3.63, 3.8) is 0 Å². The summed E-state index contributed by atoms with van der Waals surface area (Å²) in [7, 11) is 0. The number of fused-ring (bicyclic) bond motifs is 2. The van der Waals surface area contributed by atoms with Crippen molar-refractivity contribution in [3.05, 3.63) is 40.2 Å². The van der Waals surface area contributed by atoms with Crippen LogP contribution in [0.2, 0.25) is 0 Å². The number of anilines is 1. The molecule has 4 heterocycles. The molecule has 0 saturated heterocycles. The highest BCUT2D eigenvalue weighted by atomic mass is 16.5. The molecule has 3 aromatic rings. The first kappa shape index (κ1) is 19.5. The van der Waals surface area contributed by atoms with Gasteiger partial charge in [-0.25, -0.2) is 14.5 Å². The highest BCUT2D eigenvalue weighted by Gasteiger charge is 2.25. The fraction of sp³-hybridized carbons (Fsp3) is 0.542. The van der Waals surface area contributed by atoms with Crippen molar-refractivity contribution < 1.29 is 4.74 Å². The molecule has 0 amide bonds. The van der Waals surface area contributed by atoms with Crippen LogP contribution in [0.25, 0.3) is 17.0 Å². The van der Waals surface area contributed by atoms with Crippen LogP contribution in [0, 0.1) is 20.8 Å². The standard InChI is InChI=1S/C24H31N5O/c1-15-11-22-25-12-21(29(22)28-17(15)3)23-16(2)19-13-30-14-20(19)24(27-23)26-18-9-7-5-4-6-8-10-18/h11-12,18H,4-10,13-14H2,1-3H3,(H,26,27). The second kappa shape index (κ2) is 7.99. The normalized spacial score (nSPS) is 17.7. The summed E-state index contributed by atoms with van der Waals surface area (Å²) in [5, 5.41) is 8.58. The van der Waals surface area contributed by atoms with E-state index < -0.39 is 0 Å². The maximum Gasteiger partial charge on any atom is 0.154 e. The Morgan fingerprint density at radius 1 is 1.00 bits per heavy atom. The highest BCUT2D eigenvalue weighted by molar-refractivity contribution is 5.69. The molecule has 30 heavy (non-hydrogen) atoms. The van der Waals surface area contributed by atoms with E-state index in [0.29, 0.717) is 19.3 Å². The number of nitrogens with zero attached hydrogens (tertiary/aromatic N) is 4. The summed E-state index contributed by atoms with van der Waals surface area (Å²) < 4.78 is 7.78. The highest BCUT2D eigenvalue weighted by Crippen LogP contribution is 2.35. The fourth-order valence-corrected chi connectivity index (χ4v) is 4.80. The van der Waals surface area contributed by atoms with Crippen LogP contribution in [0.1, 0.15) is 72.9 Å². The third-order valence-corrected chi connectivity index (χ3v) is 6.79. The molecule has 3 aromatic heterocycles. The Labute approximate surface area is 178 Å². The minimum atomic E-state index is 0.489. The van der Waals surface area contributed by atoms with Crippen LogP contribution in [0.15, 0.2) is 12.3 Å². The van der Waals surface area contributed by atoms with Crippen molar-refractivity contribution in [3.8, 4) is 11.4 Å². The molecule has 6 heteroatoms. The SMILES string of the molecule is Cc1cc2ncc(-c3nc(NC4CCCCCCC4)c4c(c3C)COC4)n2nc1C. The number of aromatic nitrogens is 4. The maximum absolute atomic E-state index is 5.85. The van der Waals surface area contributed by atoms with Crippen molar-refractivity contribution in [2.75, 3.05) is 5.32 Å². The molecular formula is C24H31N5O. The monoisotopic (exact) mass is 405 g/mol. The number of pyridine rings is 1. The minimum absolute atomic E-state index is 0.489. The molecule has 2 aliphatic rings. The third-order valence-electron chi connectivity index (χ3n) is 6.79. The van der Waals surface area contributed by atoms with Gasteiger partial charge >= 0.3 is 0 Å². The van der Waals surface area contributed by atoms with Crippen LogP contribution in [0.3, 0.4) is 0 Å². The molecule has 0 atom stereocenters. The third kappa shape index (κ3) is 3.47. The Kier molecular flexibility index (Phi) is 5.19. The first-order valence-electron chi connectivity index (χ1n) is 11.3. The van der Waals surface area contributed by atoms with Crippen molar-refractivity contribution >= 4 is 11.5 Å². The Morgan fingerprint density at radius 2 is 1.73 bits per heavy atom. The lowest BCUT2D eigenvalue weighted by Crippen LogP contribution is -2.22. The van der Waals surface area contributed by atoms with Crippen LogP contribution in [-0.2, 0) is 18.0 Å². The molecule has 1 aliphatic carbocycles. The molecule has 0 bridgehead atoms. The predicted molar refractivity (Wildman–Crippen MR) is 119 cm³/mol. The van der Waals surface area contributed by atoms with Gasteiger partial charge < -0.3 is 10.1 Å². The first-order chi connectivity index (χ1) is 14.6. The molecule has 1 N–H and O–H groups in total. The average Bonchev–Trinajstić information content (AvgIpc) is 3.34. The largest absolute Gasteiger partial charge is 0.372 e. The summed E-state index contributed by atoms with van der Waals surface area (Å²) in [6.07, 6.45) is 11.0. The molecule has 158 valence electrons. The number of imidazole rings is 1. The number of hydrogen-bond acceptors (Lipinski definition) is 5. The molecule has 0 spiro atoms. The van der Waals surface area contributed by atoms with Crippen molar-refractivity contribution in [1.82, 2.24) is 19.6 Å². The summed E-state index contributed by atoms with van der Waals surface area (Å²) in [6, 6.07) is 2.58. The second-order valence-corrected chi connectivity index (χ2v) is 8.90. The van der Waals surface area contributed by atoms with Crippen molar-refractivity contribution in [2.24, 2.45) is 0 Å². The van der Waals surface area contributed by atoms with Gasteiger partial charge in [0.15, 0.2) is 5.65 Å². The summed E-state index contributed by atoms with van der Waals surface area (Å²) >= 11 is 0. The molecular weight excluding hydrogens is 374 g/mol. The van der Waals surface area contributed by atoms with Crippen LogP contribution in [0.5, 0.6) is 0 Å². The van der Waals surface area contributed by atoms with E-state index in [4.69, 9.17) is 14.8 Å². The van der Waals surface area contributed by atoms with E-state index in [1.165, 1.54) is 61.6 Å². The van der Waals surface area contributed by atoms with Crippen LogP contribution in [0.4, 0.5) is 5.82 Å². The average molecular weight is 406 g/mol. The number of aryl methyl sites for hydroxylation is 2. The lowest BCUT2D eigenvalue weighted by Gasteiger charge is -2.23. The van der Waals surface area contributed by atoms with Gasteiger partial charge in [0.25, 0.3) is 0 Å². The van der Waals surface area contributed by atoms with E-state index in [0.717, 1.165) is 34.1 Å². The summed E-state index contributed by atoms with van der Waals surface area (Å²) in [5.41, 5.74) is 8.60. The van der Waals surface area contributed by atoms with E-state index in [-0.39, 0.29) is 0 Å². The van der Waals surface area contributed by atoms with Crippen LogP contribution < -0.4 is 5.32 Å². The Morgan fingerprint density at radius 3 is 2.53 bits per heavy atom. The van der Waals surface area contributed by atoms with Gasteiger partial charge in [0.2, 0.25) is 0 Å². The number of hydrogen-bond donors (Lipinski definition) is 1. The Bertz CT molecular complexity index is 1080. The molecule has 1 aliphatic heterocycles. The Hall–Kier alpha value is -2.47. The summed E-state index contributed by atoms with van der Waals surface area (Å²) in [4.78, 5) is 9.75. The zero-order valence-electron chi connectivity index (χ0n) is 18.3. The van der Waals surface area contributed by atoms with Gasteiger partial charge in [0.1, 0.15) is 11.5 Å². The second-order valence-electron chi connectivity index (χ2n) is 8.90. The smallest absolute Gasteiger partial charge is 0.154 e. The lowest BCUT2D eigenvalue weighted by atomic mass is 9.96. The molecule has 0 aromatic carbocycles. The molecule has 5 rings (SSSR count). The zero-order chi connectivity index (χ0) is 20.7. The number of rotatable bonds is 3. The summed E-state index contributed by atoms with van der Waals surface area (Å²) in [6.45, 7) is 7.55. The quantitative estimate of drug-likeness (QED) is 0.643. The van der Waals surface area contributed by atoms with Gasteiger partial charge in [0, 0.05) is 11.6 Å². The number of nitrogens with one attached hydrogen (secondary N) is 1.